The predicted molar refractivity (Wildman–Crippen MR) is 72.5 cm³/mol. The summed E-state index contributed by atoms with van der Waals surface area (Å²) in [5, 5.41) is -0.398. The third-order valence-corrected chi connectivity index (χ3v) is 3.08. The van der Waals surface area contributed by atoms with Gasteiger partial charge in [-0.05, 0) is 50.5 Å². The third kappa shape index (κ3) is 4.14. The lowest BCUT2D eigenvalue weighted by molar-refractivity contribution is 0.108. The maximum Gasteiger partial charge on any atom is 0.252 e. The lowest BCUT2D eigenvalue weighted by Gasteiger charge is -2.34. The van der Waals surface area contributed by atoms with Gasteiger partial charge in [0.15, 0.2) is 0 Å². The van der Waals surface area contributed by atoms with Gasteiger partial charge in [-0.3, -0.25) is 9.69 Å². The van der Waals surface area contributed by atoms with Gasteiger partial charge in [-0.15, -0.1) is 0 Å². The molecule has 17 heavy (non-hydrogen) atoms. The average Bonchev–Trinajstić information content (AvgIpc) is 2.24. The van der Waals surface area contributed by atoms with Crippen LogP contribution in [0.25, 0.3) is 0 Å². The van der Waals surface area contributed by atoms with Crippen molar-refractivity contribution in [1.29, 1.82) is 0 Å². The van der Waals surface area contributed by atoms with E-state index in [2.05, 4.69) is 32.6 Å². The van der Waals surface area contributed by atoms with Crippen LogP contribution in [-0.2, 0) is 6.54 Å². The molecule has 0 unspecified atom stereocenters. The molecule has 1 aromatic rings. The Kier molecular flexibility index (Phi) is 4.72. The highest BCUT2D eigenvalue weighted by Gasteiger charge is 2.19. The summed E-state index contributed by atoms with van der Waals surface area (Å²) < 4.78 is 0. The molecule has 1 rings (SSSR count). The van der Waals surface area contributed by atoms with Crippen molar-refractivity contribution in [3.63, 3.8) is 0 Å². The Morgan fingerprint density at radius 2 is 2.00 bits per heavy atom. The van der Waals surface area contributed by atoms with E-state index in [0.29, 0.717) is 5.56 Å². The number of benzene rings is 1. The van der Waals surface area contributed by atoms with Crippen LogP contribution in [0.15, 0.2) is 24.3 Å². The quantitative estimate of drug-likeness (QED) is 0.763. The van der Waals surface area contributed by atoms with Gasteiger partial charge in [0.1, 0.15) is 0 Å². The van der Waals surface area contributed by atoms with Crippen LogP contribution < -0.4 is 0 Å². The number of halogens is 1. The van der Waals surface area contributed by atoms with Crippen LogP contribution in [0, 0.1) is 0 Å². The Balaban J connectivity index is 2.87. The van der Waals surface area contributed by atoms with Gasteiger partial charge in [-0.1, -0.05) is 25.1 Å². The Morgan fingerprint density at radius 3 is 2.47 bits per heavy atom. The molecule has 3 heteroatoms. The van der Waals surface area contributed by atoms with Gasteiger partial charge < -0.3 is 0 Å². The van der Waals surface area contributed by atoms with E-state index < -0.39 is 5.24 Å². The molecule has 0 spiro atoms. The van der Waals surface area contributed by atoms with Gasteiger partial charge in [0, 0.05) is 17.6 Å². The highest BCUT2D eigenvalue weighted by atomic mass is 35.5. The number of hydrogen-bond acceptors (Lipinski definition) is 2. The Morgan fingerprint density at radius 1 is 1.35 bits per heavy atom. The number of rotatable bonds is 4. The summed E-state index contributed by atoms with van der Waals surface area (Å²) in [6.07, 6.45) is 0. The SMILES string of the molecule is CCN(Cc1cccc(C(=O)Cl)c1)C(C)(C)C. The molecule has 0 bridgehead atoms. The Bertz CT molecular complexity index is 395. The van der Waals surface area contributed by atoms with Crippen molar-refractivity contribution in [2.24, 2.45) is 0 Å². The second kappa shape index (κ2) is 5.65. The maximum atomic E-state index is 11.1. The van der Waals surface area contributed by atoms with Gasteiger partial charge >= 0.3 is 0 Å². The molecule has 0 saturated carbocycles. The number of carbonyl (C=O) groups excluding carboxylic acids is 1. The molecule has 0 aliphatic heterocycles. The first-order valence-corrected chi connectivity index (χ1v) is 6.26. The van der Waals surface area contributed by atoms with Gasteiger partial charge in [0.2, 0.25) is 0 Å². The van der Waals surface area contributed by atoms with Crippen molar-refractivity contribution in [2.75, 3.05) is 6.54 Å². The predicted octanol–water partition coefficient (Wildman–Crippen LogP) is 3.69. The molecule has 2 nitrogen and oxygen atoms in total. The van der Waals surface area contributed by atoms with E-state index in [0.717, 1.165) is 18.7 Å². The highest BCUT2D eigenvalue weighted by molar-refractivity contribution is 6.67. The summed E-state index contributed by atoms with van der Waals surface area (Å²) in [6.45, 7) is 10.5. The molecule has 0 aromatic heterocycles. The van der Waals surface area contributed by atoms with E-state index in [4.69, 9.17) is 11.6 Å². The Labute approximate surface area is 109 Å². The summed E-state index contributed by atoms with van der Waals surface area (Å²) in [5.41, 5.74) is 1.80. The van der Waals surface area contributed by atoms with Crippen LogP contribution in [0.3, 0.4) is 0 Å². The van der Waals surface area contributed by atoms with Crippen molar-refractivity contribution < 1.29 is 4.79 Å². The summed E-state index contributed by atoms with van der Waals surface area (Å²) in [4.78, 5) is 13.5. The van der Waals surface area contributed by atoms with Gasteiger partial charge in [0.25, 0.3) is 5.24 Å². The van der Waals surface area contributed by atoms with E-state index in [9.17, 15) is 4.79 Å². The summed E-state index contributed by atoms with van der Waals surface area (Å²) >= 11 is 5.48. The molecular formula is C14H20ClNO. The molecule has 1 aromatic carbocycles. The third-order valence-electron chi connectivity index (χ3n) is 2.86. The fourth-order valence-corrected chi connectivity index (χ4v) is 1.95. The van der Waals surface area contributed by atoms with E-state index in [1.54, 1.807) is 6.07 Å². The monoisotopic (exact) mass is 253 g/mol. The van der Waals surface area contributed by atoms with E-state index in [1.807, 2.05) is 18.2 Å². The standard InChI is InChI=1S/C14H20ClNO/c1-5-16(14(2,3)4)10-11-7-6-8-12(9-11)13(15)17/h6-9H,5,10H2,1-4H3. The van der Waals surface area contributed by atoms with E-state index >= 15 is 0 Å². The second-order valence-corrected chi connectivity index (χ2v) is 5.50. The minimum absolute atomic E-state index is 0.121. The molecule has 0 atom stereocenters. The molecule has 0 amide bonds. The zero-order valence-electron chi connectivity index (χ0n) is 11.0. The zero-order chi connectivity index (χ0) is 13.1. The van der Waals surface area contributed by atoms with E-state index in [-0.39, 0.29) is 5.54 Å². The van der Waals surface area contributed by atoms with Crippen LogP contribution in [0.4, 0.5) is 0 Å². The first-order chi connectivity index (χ1) is 7.84. The first-order valence-electron chi connectivity index (χ1n) is 5.88. The first kappa shape index (κ1) is 14.2. The summed E-state index contributed by atoms with van der Waals surface area (Å²) in [7, 11) is 0. The van der Waals surface area contributed by atoms with Gasteiger partial charge in [-0.2, -0.15) is 0 Å². The Hall–Kier alpha value is -0.860. The molecule has 0 saturated heterocycles. The lowest BCUT2D eigenvalue weighted by Crippen LogP contribution is -2.40. The van der Waals surface area contributed by atoms with E-state index in [1.165, 1.54) is 0 Å². The minimum Gasteiger partial charge on any atom is -0.295 e. The van der Waals surface area contributed by atoms with Crippen molar-refractivity contribution >= 4 is 16.8 Å². The smallest absolute Gasteiger partial charge is 0.252 e. The molecule has 0 aliphatic carbocycles. The van der Waals surface area contributed by atoms with Crippen molar-refractivity contribution in [2.45, 2.75) is 39.8 Å². The topological polar surface area (TPSA) is 20.3 Å². The zero-order valence-corrected chi connectivity index (χ0v) is 11.7. The van der Waals surface area contributed by atoms with Gasteiger partial charge in [-0.25, -0.2) is 0 Å². The normalized spacial score (nSPS) is 11.9. The minimum atomic E-state index is -0.398. The molecule has 0 aliphatic rings. The maximum absolute atomic E-state index is 11.1. The second-order valence-electron chi connectivity index (χ2n) is 5.16. The van der Waals surface area contributed by atoms with Crippen LogP contribution in [0.5, 0.6) is 0 Å². The molecule has 0 radical (unpaired) electrons. The molecule has 94 valence electrons. The average molecular weight is 254 g/mol. The van der Waals surface area contributed by atoms with Crippen LogP contribution >= 0.6 is 11.6 Å². The van der Waals surface area contributed by atoms with Crippen molar-refractivity contribution in [1.82, 2.24) is 4.90 Å². The molecule has 0 fully saturated rings. The number of carbonyl (C=O) groups is 1. The van der Waals surface area contributed by atoms with Crippen molar-refractivity contribution in [3.05, 3.63) is 35.4 Å². The summed E-state index contributed by atoms with van der Waals surface area (Å²) in [5.74, 6) is 0. The fraction of sp³-hybridized carbons (Fsp3) is 0.500. The highest BCUT2D eigenvalue weighted by Crippen LogP contribution is 2.17. The fourth-order valence-electron chi connectivity index (χ4n) is 1.84. The number of hydrogen-bond donors (Lipinski definition) is 0. The number of nitrogens with zero attached hydrogens (tertiary/aromatic N) is 1. The van der Waals surface area contributed by atoms with Crippen LogP contribution in [-0.4, -0.2) is 22.2 Å². The van der Waals surface area contributed by atoms with Crippen LogP contribution in [0.2, 0.25) is 0 Å². The van der Waals surface area contributed by atoms with Crippen LogP contribution in [0.1, 0.15) is 43.6 Å². The largest absolute Gasteiger partial charge is 0.295 e. The van der Waals surface area contributed by atoms with Gasteiger partial charge in [0.05, 0.1) is 0 Å². The molecule has 0 N–H and O–H groups in total. The molecular weight excluding hydrogens is 234 g/mol. The van der Waals surface area contributed by atoms with Crippen molar-refractivity contribution in [3.8, 4) is 0 Å². The summed E-state index contributed by atoms with van der Waals surface area (Å²) in [6, 6.07) is 7.51. The lowest BCUT2D eigenvalue weighted by atomic mass is 10.0. The molecule has 0 heterocycles.